The first-order valence-electron chi connectivity index (χ1n) is 8.24. The number of nitrogens with zero attached hydrogens (tertiary/aromatic N) is 1. The third kappa shape index (κ3) is 3.74. The zero-order chi connectivity index (χ0) is 16.1. The van der Waals surface area contributed by atoms with Crippen LogP contribution in [0.3, 0.4) is 0 Å². The van der Waals surface area contributed by atoms with Crippen molar-refractivity contribution in [2.45, 2.75) is 52.5 Å². The Bertz CT molecular complexity index is 522. The summed E-state index contributed by atoms with van der Waals surface area (Å²) in [6.07, 6.45) is 2.92. The zero-order valence-corrected chi connectivity index (χ0v) is 13.8. The summed E-state index contributed by atoms with van der Waals surface area (Å²) >= 11 is 0. The molecule has 1 atom stereocenters. The predicted octanol–water partition coefficient (Wildman–Crippen LogP) is 2.80. The van der Waals surface area contributed by atoms with Gasteiger partial charge < -0.3 is 5.32 Å². The van der Waals surface area contributed by atoms with Crippen molar-refractivity contribution >= 4 is 17.4 Å². The minimum absolute atomic E-state index is 0.0185. The van der Waals surface area contributed by atoms with E-state index >= 15 is 0 Å². The number of Topliss-reactive ketones (excluding diaryl/α,β-unsaturated/α-hetero) is 1. The van der Waals surface area contributed by atoms with Gasteiger partial charge in [-0.25, -0.2) is 0 Å². The fourth-order valence-electron chi connectivity index (χ4n) is 2.96. The summed E-state index contributed by atoms with van der Waals surface area (Å²) in [5.74, 6) is 0.318. The number of hydrogen-bond donors (Lipinski definition) is 1. The van der Waals surface area contributed by atoms with E-state index in [1.807, 2.05) is 13.0 Å². The van der Waals surface area contributed by atoms with Gasteiger partial charge in [0, 0.05) is 31.6 Å². The molecule has 22 heavy (non-hydrogen) atoms. The number of piperidine rings is 1. The number of carbonyl (C=O) groups is 2. The summed E-state index contributed by atoms with van der Waals surface area (Å²) < 4.78 is 0. The largest absolute Gasteiger partial charge is 0.324 e. The van der Waals surface area contributed by atoms with E-state index in [4.69, 9.17) is 0 Å². The maximum Gasteiger partial charge on any atom is 0.241 e. The molecule has 4 heteroatoms. The third-order valence-electron chi connectivity index (χ3n) is 4.53. The van der Waals surface area contributed by atoms with Crippen LogP contribution >= 0.6 is 0 Å². The molecule has 1 saturated heterocycles. The summed E-state index contributed by atoms with van der Waals surface area (Å²) in [5.41, 5.74) is 3.32. The number of nitrogens with one attached hydrogen (secondary N) is 1. The second kappa shape index (κ2) is 7.54. The van der Waals surface area contributed by atoms with Gasteiger partial charge in [0.2, 0.25) is 5.91 Å². The van der Waals surface area contributed by atoms with Crippen molar-refractivity contribution in [3.63, 3.8) is 0 Å². The third-order valence-corrected chi connectivity index (χ3v) is 4.53. The van der Waals surface area contributed by atoms with Crippen molar-refractivity contribution in [2.75, 3.05) is 18.4 Å². The maximum absolute atomic E-state index is 12.6. The first kappa shape index (κ1) is 16.7. The Morgan fingerprint density at radius 2 is 1.73 bits per heavy atom. The molecular weight excluding hydrogens is 276 g/mol. The average molecular weight is 302 g/mol. The fourth-order valence-corrected chi connectivity index (χ4v) is 2.96. The predicted molar refractivity (Wildman–Crippen MR) is 89.1 cm³/mol. The molecular formula is C18H26N2O2. The lowest BCUT2D eigenvalue weighted by molar-refractivity contribution is -0.126. The highest BCUT2D eigenvalue weighted by molar-refractivity contribution is 5.96. The quantitative estimate of drug-likeness (QED) is 0.910. The number of ketones is 1. The number of benzene rings is 1. The van der Waals surface area contributed by atoms with Crippen LogP contribution in [0, 0.1) is 0 Å². The van der Waals surface area contributed by atoms with Gasteiger partial charge in [0.05, 0.1) is 6.04 Å². The Morgan fingerprint density at radius 3 is 2.23 bits per heavy atom. The molecule has 1 N–H and O–H groups in total. The van der Waals surface area contributed by atoms with E-state index in [2.05, 4.69) is 36.2 Å². The highest BCUT2D eigenvalue weighted by Gasteiger charge is 2.26. The molecule has 0 radical (unpaired) electrons. The van der Waals surface area contributed by atoms with E-state index in [1.165, 1.54) is 11.1 Å². The Balaban J connectivity index is 2.10. The molecule has 0 aromatic heterocycles. The fraction of sp³-hybridized carbons (Fsp3) is 0.556. The molecule has 1 aliphatic rings. The Hall–Kier alpha value is -1.68. The van der Waals surface area contributed by atoms with Gasteiger partial charge in [0.1, 0.15) is 5.78 Å². The number of anilines is 1. The first-order chi connectivity index (χ1) is 10.6. The van der Waals surface area contributed by atoms with Crippen LogP contribution in [0.25, 0.3) is 0 Å². The molecule has 4 nitrogen and oxygen atoms in total. The van der Waals surface area contributed by atoms with Gasteiger partial charge in [0.15, 0.2) is 0 Å². The van der Waals surface area contributed by atoms with Crippen LogP contribution in [-0.4, -0.2) is 35.7 Å². The minimum atomic E-state index is -0.206. The lowest BCUT2D eigenvalue weighted by Gasteiger charge is -2.31. The Labute approximate surface area is 132 Å². The Morgan fingerprint density at radius 1 is 1.18 bits per heavy atom. The molecule has 1 aliphatic heterocycles. The van der Waals surface area contributed by atoms with Crippen LogP contribution in [0.4, 0.5) is 5.69 Å². The van der Waals surface area contributed by atoms with Gasteiger partial charge in [-0.05, 0) is 30.9 Å². The molecule has 1 fully saturated rings. The maximum atomic E-state index is 12.6. The summed E-state index contributed by atoms with van der Waals surface area (Å²) in [4.78, 5) is 26.0. The van der Waals surface area contributed by atoms with Crippen LogP contribution < -0.4 is 5.32 Å². The lowest BCUT2D eigenvalue weighted by Crippen LogP contribution is -2.46. The average Bonchev–Trinajstić information content (AvgIpc) is 2.55. The van der Waals surface area contributed by atoms with Crippen LogP contribution in [0.1, 0.15) is 44.7 Å². The van der Waals surface area contributed by atoms with E-state index in [-0.39, 0.29) is 11.9 Å². The van der Waals surface area contributed by atoms with Crippen molar-refractivity contribution in [3.8, 4) is 0 Å². The standard InChI is InChI=1S/C18H26N2O2/c1-4-14-7-6-8-15(5-2)17(14)19-18(22)13(3)20-11-9-16(21)10-12-20/h6-8,13H,4-5,9-12H2,1-3H3,(H,19,22). The molecule has 120 valence electrons. The minimum Gasteiger partial charge on any atom is -0.324 e. The van der Waals surface area contributed by atoms with Crippen LogP contribution in [-0.2, 0) is 22.4 Å². The number of amides is 1. The molecule has 0 saturated carbocycles. The monoisotopic (exact) mass is 302 g/mol. The van der Waals surface area contributed by atoms with Crippen molar-refractivity contribution in [2.24, 2.45) is 0 Å². The van der Waals surface area contributed by atoms with E-state index in [1.54, 1.807) is 0 Å². The smallest absolute Gasteiger partial charge is 0.241 e. The van der Waals surface area contributed by atoms with Gasteiger partial charge >= 0.3 is 0 Å². The topological polar surface area (TPSA) is 49.4 Å². The van der Waals surface area contributed by atoms with Crippen LogP contribution in [0.5, 0.6) is 0 Å². The molecule has 2 rings (SSSR count). The van der Waals surface area contributed by atoms with Gasteiger partial charge in [-0.15, -0.1) is 0 Å². The molecule has 0 bridgehead atoms. The number of hydrogen-bond acceptors (Lipinski definition) is 3. The first-order valence-corrected chi connectivity index (χ1v) is 8.24. The molecule has 1 unspecified atom stereocenters. The zero-order valence-electron chi connectivity index (χ0n) is 13.8. The van der Waals surface area contributed by atoms with Crippen molar-refractivity contribution in [1.29, 1.82) is 0 Å². The molecule has 1 heterocycles. The van der Waals surface area contributed by atoms with Crippen molar-refractivity contribution < 1.29 is 9.59 Å². The van der Waals surface area contributed by atoms with E-state index in [9.17, 15) is 9.59 Å². The number of likely N-dealkylation sites (tertiary alicyclic amines) is 1. The summed E-state index contributed by atoms with van der Waals surface area (Å²) in [7, 11) is 0. The number of carbonyl (C=O) groups excluding carboxylic acids is 2. The highest BCUT2D eigenvalue weighted by Crippen LogP contribution is 2.23. The van der Waals surface area contributed by atoms with E-state index in [0.29, 0.717) is 31.7 Å². The Kier molecular flexibility index (Phi) is 5.72. The molecule has 0 aliphatic carbocycles. The summed E-state index contributed by atoms with van der Waals surface area (Å²) in [6, 6.07) is 5.98. The van der Waals surface area contributed by atoms with Gasteiger partial charge in [0.25, 0.3) is 0 Å². The highest BCUT2D eigenvalue weighted by atomic mass is 16.2. The summed E-state index contributed by atoms with van der Waals surface area (Å²) in [6.45, 7) is 7.49. The summed E-state index contributed by atoms with van der Waals surface area (Å²) in [5, 5.41) is 3.12. The van der Waals surface area contributed by atoms with Crippen LogP contribution in [0.2, 0.25) is 0 Å². The number of rotatable bonds is 5. The normalized spacial score (nSPS) is 17.3. The number of para-hydroxylation sites is 1. The molecule has 1 amide bonds. The van der Waals surface area contributed by atoms with Crippen molar-refractivity contribution in [1.82, 2.24) is 4.90 Å². The molecule has 1 aromatic rings. The van der Waals surface area contributed by atoms with E-state index in [0.717, 1.165) is 18.5 Å². The second-order valence-corrected chi connectivity index (χ2v) is 5.90. The van der Waals surface area contributed by atoms with Crippen molar-refractivity contribution in [3.05, 3.63) is 29.3 Å². The molecule has 1 aromatic carbocycles. The van der Waals surface area contributed by atoms with Gasteiger partial charge in [-0.1, -0.05) is 32.0 Å². The lowest BCUT2D eigenvalue weighted by atomic mass is 10.0. The SMILES string of the molecule is CCc1cccc(CC)c1NC(=O)C(C)N1CCC(=O)CC1. The number of aryl methyl sites for hydroxylation is 2. The van der Waals surface area contributed by atoms with Gasteiger partial charge in [-0.2, -0.15) is 0 Å². The second-order valence-electron chi connectivity index (χ2n) is 5.90. The van der Waals surface area contributed by atoms with E-state index < -0.39 is 0 Å². The van der Waals surface area contributed by atoms with Crippen LogP contribution in [0.15, 0.2) is 18.2 Å². The van der Waals surface area contributed by atoms with Gasteiger partial charge in [-0.3, -0.25) is 14.5 Å². The molecule has 0 spiro atoms.